The predicted molar refractivity (Wildman–Crippen MR) is 60.1 cm³/mol. The van der Waals surface area contributed by atoms with Crippen LogP contribution >= 0.6 is 0 Å². The van der Waals surface area contributed by atoms with Crippen LogP contribution in [-0.4, -0.2) is 9.13 Å². The van der Waals surface area contributed by atoms with E-state index in [0.29, 0.717) is 19.5 Å². The number of aryl methyl sites for hydroxylation is 1. The lowest BCUT2D eigenvalue weighted by Crippen LogP contribution is -2.38. The lowest BCUT2D eigenvalue weighted by Gasteiger charge is -2.07. The quantitative estimate of drug-likeness (QED) is 0.693. The molecule has 0 unspecified atom stereocenters. The van der Waals surface area contributed by atoms with E-state index in [2.05, 4.69) is 6.58 Å². The van der Waals surface area contributed by atoms with Gasteiger partial charge in [0.15, 0.2) is 0 Å². The molecular formula is C11H16N2O2. The van der Waals surface area contributed by atoms with Gasteiger partial charge in [-0.1, -0.05) is 5.57 Å². The van der Waals surface area contributed by atoms with Crippen LogP contribution in [0.15, 0.2) is 34.0 Å². The maximum atomic E-state index is 11.7. The van der Waals surface area contributed by atoms with Gasteiger partial charge in [0, 0.05) is 25.4 Å². The monoisotopic (exact) mass is 208 g/mol. The SMILES string of the molecule is C=C(C)CCn1c(=O)ccn(CC)c1=O. The van der Waals surface area contributed by atoms with Gasteiger partial charge >= 0.3 is 5.69 Å². The van der Waals surface area contributed by atoms with Crippen molar-refractivity contribution in [2.75, 3.05) is 0 Å². The van der Waals surface area contributed by atoms with Crippen molar-refractivity contribution in [3.8, 4) is 0 Å². The van der Waals surface area contributed by atoms with Gasteiger partial charge in [-0.15, -0.1) is 6.58 Å². The van der Waals surface area contributed by atoms with Crippen LogP contribution in [0, 0.1) is 0 Å². The minimum Gasteiger partial charge on any atom is -0.301 e. The van der Waals surface area contributed by atoms with E-state index >= 15 is 0 Å². The van der Waals surface area contributed by atoms with E-state index in [-0.39, 0.29) is 11.2 Å². The van der Waals surface area contributed by atoms with E-state index < -0.39 is 0 Å². The van der Waals surface area contributed by atoms with Gasteiger partial charge in [0.05, 0.1) is 0 Å². The fourth-order valence-electron chi connectivity index (χ4n) is 1.31. The van der Waals surface area contributed by atoms with Crippen LogP contribution < -0.4 is 11.2 Å². The first-order chi connectivity index (χ1) is 7.06. The molecule has 4 heteroatoms. The summed E-state index contributed by atoms with van der Waals surface area (Å²) in [4.78, 5) is 23.2. The molecule has 1 heterocycles. The molecule has 0 fully saturated rings. The summed E-state index contributed by atoms with van der Waals surface area (Å²) in [5.41, 5.74) is 0.477. The van der Waals surface area contributed by atoms with Crippen LogP contribution in [0.25, 0.3) is 0 Å². The number of hydrogen-bond acceptors (Lipinski definition) is 2. The molecule has 0 N–H and O–H groups in total. The standard InChI is InChI=1S/C11H16N2O2/c1-4-12-7-6-10(14)13(11(12)15)8-5-9(2)3/h6-7H,2,4-5,8H2,1,3H3. The molecule has 1 aromatic rings. The predicted octanol–water partition coefficient (Wildman–Crippen LogP) is 0.996. The van der Waals surface area contributed by atoms with Gasteiger partial charge in [0.25, 0.3) is 5.56 Å². The van der Waals surface area contributed by atoms with E-state index in [4.69, 9.17) is 0 Å². The molecule has 0 saturated carbocycles. The molecule has 1 aromatic heterocycles. The van der Waals surface area contributed by atoms with E-state index in [1.165, 1.54) is 21.4 Å². The Bertz CT molecular complexity index is 468. The highest BCUT2D eigenvalue weighted by molar-refractivity contribution is 4.91. The van der Waals surface area contributed by atoms with Crippen molar-refractivity contribution < 1.29 is 0 Å². The molecular weight excluding hydrogens is 192 g/mol. The fourth-order valence-corrected chi connectivity index (χ4v) is 1.31. The van der Waals surface area contributed by atoms with Crippen LogP contribution in [-0.2, 0) is 13.1 Å². The Hall–Kier alpha value is -1.58. The Morgan fingerprint density at radius 3 is 2.67 bits per heavy atom. The maximum absolute atomic E-state index is 11.7. The van der Waals surface area contributed by atoms with Crippen molar-refractivity contribution in [2.24, 2.45) is 0 Å². The summed E-state index contributed by atoms with van der Waals surface area (Å²) in [7, 11) is 0. The number of nitrogens with zero attached hydrogens (tertiary/aromatic N) is 2. The van der Waals surface area contributed by atoms with E-state index in [0.717, 1.165) is 5.57 Å². The Kier molecular flexibility index (Phi) is 3.66. The normalized spacial score (nSPS) is 10.3. The summed E-state index contributed by atoms with van der Waals surface area (Å²) >= 11 is 0. The van der Waals surface area contributed by atoms with Crippen LogP contribution in [0.1, 0.15) is 20.3 Å². The maximum Gasteiger partial charge on any atom is 0.330 e. The van der Waals surface area contributed by atoms with Crippen molar-refractivity contribution >= 4 is 0 Å². The smallest absolute Gasteiger partial charge is 0.301 e. The van der Waals surface area contributed by atoms with Gasteiger partial charge in [-0.05, 0) is 20.3 Å². The molecule has 0 aliphatic carbocycles. The molecule has 0 bridgehead atoms. The van der Waals surface area contributed by atoms with Gasteiger partial charge in [-0.25, -0.2) is 4.79 Å². The topological polar surface area (TPSA) is 44.0 Å². The molecule has 1 rings (SSSR count). The van der Waals surface area contributed by atoms with Gasteiger partial charge in [-0.2, -0.15) is 0 Å². The minimum absolute atomic E-state index is 0.244. The average Bonchev–Trinajstić information content (AvgIpc) is 2.17. The summed E-state index contributed by atoms with van der Waals surface area (Å²) < 4.78 is 2.76. The Balaban J connectivity index is 3.10. The van der Waals surface area contributed by atoms with Crippen LogP contribution in [0.4, 0.5) is 0 Å². The Labute approximate surface area is 88.5 Å². The number of hydrogen-bond donors (Lipinski definition) is 0. The molecule has 0 aliphatic heterocycles. The van der Waals surface area contributed by atoms with E-state index in [9.17, 15) is 9.59 Å². The second-order valence-corrected chi connectivity index (χ2v) is 3.58. The van der Waals surface area contributed by atoms with Crippen molar-refractivity contribution in [1.82, 2.24) is 9.13 Å². The van der Waals surface area contributed by atoms with Crippen LogP contribution in [0.2, 0.25) is 0 Å². The van der Waals surface area contributed by atoms with Gasteiger partial charge in [0.2, 0.25) is 0 Å². The minimum atomic E-state index is -0.244. The Morgan fingerprint density at radius 2 is 2.13 bits per heavy atom. The lowest BCUT2D eigenvalue weighted by molar-refractivity contribution is 0.564. The second-order valence-electron chi connectivity index (χ2n) is 3.58. The zero-order chi connectivity index (χ0) is 11.4. The van der Waals surface area contributed by atoms with Crippen molar-refractivity contribution in [3.63, 3.8) is 0 Å². The summed E-state index contributed by atoms with van der Waals surface area (Å²) in [6, 6.07) is 1.42. The molecule has 0 spiro atoms. The highest BCUT2D eigenvalue weighted by Gasteiger charge is 2.03. The summed E-state index contributed by atoms with van der Waals surface area (Å²) in [6.07, 6.45) is 2.19. The molecule has 0 amide bonds. The molecule has 0 radical (unpaired) electrons. The average molecular weight is 208 g/mol. The van der Waals surface area contributed by atoms with Gasteiger partial charge in [0.1, 0.15) is 0 Å². The molecule has 0 atom stereocenters. The third kappa shape index (κ3) is 2.68. The largest absolute Gasteiger partial charge is 0.330 e. The van der Waals surface area contributed by atoms with E-state index in [1.807, 2.05) is 13.8 Å². The summed E-state index contributed by atoms with van der Waals surface area (Å²) in [5.74, 6) is 0. The van der Waals surface area contributed by atoms with Crippen LogP contribution in [0.5, 0.6) is 0 Å². The van der Waals surface area contributed by atoms with Gasteiger partial charge in [-0.3, -0.25) is 9.36 Å². The number of aromatic nitrogens is 2. The Morgan fingerprint density at radius 1 is 1.47 bits per heavy atom. The van der Waals surface area contributed by atoms with E-state index in [1.54, 1.807) is 0 Å². The first-order valence-corrected chi connectivity index (χ1v) is 5.01. The zero-order valence-electron chi connectivity index (χ0n) is 9.19. The third-order valence-electron chi connectivity index (χ3n) is 2.24. The first kappa shape index (κ1) is 11.5. The number of allylic oxidation sites excluding steroid dienone is 1. The van der Waals surface area contributed by atoms with Crippen molar-refractivity contribution in [3.05, 3.63) is 45.3 Å². The fraction of sp³-hybridized carbons (Fsp3) is 0.455. The van der Waals surface area contributed by atoms with Gasteiger partial charge < -0.3 is 4.57 Å². The van der Waals surface area contributed by atoms with Crippen molar-refractivity contribution in [2.45, 2.75) is 33.4 Å². The molecule has 0 aliphatic rings. The number of rotatable bonds is 4. The lowest BCUT2D eigenvalue weighted by atomic mass is 10.2. The molecule has 0 saturated heterocycles. The van der Waals surface area contributed by atoms with Crippen molar-refractivity contribution in [1.29, 1.82) is 0 Å². The first-order valence-electron chi connectivity index (χ1n) is 5.01. The van der Waals surface area contributed by atoms with Crippen LogP contribution in [0.3, 0.4) is 0 Å². The zero-order valence-corrected chi connectivity index (χ0v) is 9.19. The molecule has 4 nitrogen and oxygen atoms in total. The molecule has 0 aromatic carbocycles. The second kappa shape index (κ2) is 4.77. The summed E-state index contributed by atoms with van der Waals surface area (Å²) in [5, 5.41) is 0. The highest BCUT2D eigenvalue weighted by Crippen LogP contribution is 1.95. The third-order valence-corrected chi connectivity index (χ3v) is 2.24. The molecule has 15 heavy (non-hydrogen) atoms. The molecule has 82 valence electrons. The summed E-state index contributed by atoms with van der Waals surface area (Å²) in [6.45, 7) is 8.49. The highest BCUT2D eigenvalue weighted by atomic mass is 16.2.